The monoisotopic (exact) mass is 211 g/mol. The van der Waals surface area contributed by atoms with Crippen LogP contribution in [0.1, 0.15) is 26.2 Å². The third-order valence-electron chi connectivity index (χ3n) is 3.41. The maximum absolute atomic E-state index is 11.5. The van der Waals surface area contributed by atoms with E-state index in [2.05, 4.69) is 6.92 Å². The van der Waals surface area contributed by atoms with E-state index in [-0.39, 0.29) is 11.5 Å². The lowest BCUT2D eigenvalue weighted by Gasteiger charge is -2.46. The molecule has 15 heavy (non-hydrogen) atoms. The number of hydrogen-bond donors (Lipinski definition) is 0. The zero-order valence-corrected chi connectivity index (χ0v) is 9.28. The van der Waals surface area contributed by atoms with Crippen LogP contribution in [0.5, 0.6) is 0 Å². The molecule has 4 nitrogen and oxygen atoms in total. The quantitative estimate of drug-likeness (QED) is 0.609. The molecule has 2 rings (SSSR count). The number of ether oxygens (including phenoxy) is 1. The van der Waals surface area contributed by atoms with E-state index >= 15 is 0 Å². The van der Waals surface area contributed by atoms with Crippen molar-refractivity contribution in [2.45, 2.75) is 26.2 Å². The number of hydrogen-bond acceptors (Lipinski definition) is 3. The topological polar surface area (TPSA) is 46.6 Å². The molecule has 0 aromatic rings. The molecule has 0 radical (unpaired) electrons. The molecule has 1 amide bonds. The first-order valence-corrected chi connectivity index (χ1v) is 5.37. The van der Waals surface area contributed by atoms with Gasteiger partial charge in [0, 0.05) is 25.9 Å². The standard InChI is InChI=1S/C11H17NO3/c1-11-4-8(3-9(13)5-11)6-12(7-11)10(14)15-2/h8H,3-7H2,1-2H3. The van der Waals surface area contributed by atoms with Gasteiger partial charge in [0.05, 0.1) is 7.11 Å². The molecule has 84 valence electrons. The van der Waals surface area contributed by atoms with E-state index in [9.17, 15) is 9.59 Å². The summed E-state index contributed by atoms with van der Waals surface area (Å²) in [6.45, 7) is 3.42. The number of methoxy groups -OCH3 is 1. The first-order chi connectivity index (χ1) is 7.02. The molecule has 0 spiro atoms. The second-order valence-corrected chi connectivity index (χ2v) is 5.15. The fraction of sp³-hybridized carbons (Fsp3) is 0.818. The highest BCUT2D eigenvalue weighted by Gasteiger charge is 2.43. The lowest BCUT2D eigenvalue weighted by molar-refractivity contribution is -0.128. The van der Waals surface area contributed by atoms with Crippen molar-refractivity contribution in [2.24, 2.45) is 11.3 Å². The van der Waals surface area contributed by atoms with E-state index in [1.54, 1.807) is 4.90 Å². The summed E-state index contributed by atoms with van der Waals surface area (Å²) in [7, 11) is 1.40. The highest BCUT2D eigenvalue weighted by Crippen LogP contribution is 2.42. The van der Waals surface area contributed by atoms with Crippen molar-refractivity contribution in [3.63, 3.8) is 0 Å². The molecule has 1 saturated heterocycles. The summed E-state index contributed by atoms with van der Waals surface area (Å²) in [4.78, 5) is 24.7. The van der Waals surface area contributed by atoms with Crippen LogP contribution in [0.3, 0.4) is 0 Å². The first-order valence-electron chi connectivity index (χ1n) is 5.37. The van der Waals surface area contributed by atoms with Gasteiger partial charge >= 0.3 is 6.09 Å². The van der Waals surface area contributed by atoms with Crippen molar-refractivity contribution in [1.29, 1.82) is 0 Å². The number of fused-ring (bicyclic) bond motifs is 2. The smallest absolute Gasteiger partial charge is 0.409 e. The first kappa shape index (κ1) is 10.5. The number of rotatable bonds is 0. The van der Waals surface area contributed by atoms with Crippen LogP contribution in [-0.4, -0.2) is 37.0 Å². The summed E-state index contributed by atoms with van der Waals surface area (Å²) < 4.78 is 4.73. The molecule has 0 N–H and O–H groups in total. The Labute approximate surface area is 89.6 Å². The fourth-order valence-electron chi connectivity index (χ4n) is 3.07. The molecule has 1 aliphatic carbocycles. The van der Waals surface area contributed by atoms with Crippen molar-refractivity contribution in [2.75, 3.05) is 20.2 Å². The molecule has 0 aromatic carbocycles. The average molecular weight is 211 g/mol. The summed E-state index contributed by atoms with van der Waals surface area (Å²) in [5.41, 5.74) is -0.0214. The van der Waals surface area contributed by atoms with E-state index in [0.717, 1.165) is 6.42 Å². The van der Waals surface area contributed by atoms with Crippen LogP contribution in [-0.2, 0) is 9.53 Å². The van der Waals surface area contributed by atoms with E-state index in [4.69, 9.17) is 4.74 Å². The highest BCUT2D eigenvalue weighted by molar-refractivity contribution is 5.81. The molecule has 2 fully saturated rings. The van der Waals surface area contributed by atoms with Crippen LogP contribution >= 0.6 is 0 Å². The van der Waals surface area contributed by atoms with Gasteiger partial charge in [-0.15, -0.1) is 0 Å². The summed E-state index contributed by atoms with van der Waals surface area (Å²) >= 11 is 0. The second kappa shape index (κ2) is 3.51. The van der Waals surface area contributed by atoms with Gasteiger partial charge in [0.25, 0.3) is 0 Å². The zero-order chi connectivity index (χ0) is 11.1. The van der Waals surface area contributed by atoms with Crippen LogP contribution in [0.4, 0.5) is 4.79 Å². The number of carbonyl (C=O) groups excluding carboxylic acids is 2. The zero-order valence-electron chi connectivity index (χ0n) is 9.28. The largest absolute Gasteiger partial charge is 0.453 e. The second-order valence-electron chi connectivity index (χ2n) is 5.15. The van der Waals surface area contributed by atoms with Gasteiger partial charge < -0.3 is 9.64 Å². The van der Waals surface area contributed by atoms with Crippen molar-refractivity contribution in [3.8, 4) is 0 Å². The van der Waals surface area contributed by atoms with Crippen LogP contribution < -0.4 is 0 Å². The van der Waals surface area contributed by atoms with Crippen molar-refractivity contribution in [1.82, 2.24) is 4.90 Å². The molecular formula is C11H17NO3. The molecule has 1 aliphatic heterocycles. The Morgan fingerprint density at radius 3 is 2.93 bits per heavy atom. The molecule has 0 aromatic heterocycles. The van der Waals surface area contributed by atoms with Crippen molar-refractivity contribution >= 4 is 11.9 Å². The minimum absolute atomic E-state index is 0.0214. The Kier molecular flexibility index (Phi) is 2.44. The number of piperidine rings is 1. The van der Waals surface area contributed by atoms with E-state index in [1.165, 1.54) is 7.11 Å². The van der Waals surface area contributed by atoms with Gasteiger partial charge in [-0.25, -0.2) is 4.79 Å². The molecule has 1 heterocycles. The molecular weight excluding hydrogens is 194 g/mol. The predicted octanol–water partition coefficient (Wildman–Crippen LogP) is 1.44. The Bertz CT molecular complexity index is 302. The number of likely N-dealkylation sites (tertiary alicyclic amines) is 1. The number of amides is 1. The van der Waals surface area contributed by atoms with Gasteiger partial charge in [-0.2, -0.15) is 0 Å². The Balaban J connectivity index is 2.12. The van der Waals surface area contributed by atoms with Gasteiger partial charge in [0.2, 0.25) is 0 Å². The maximum Gasteiger partial charge on any atom is 0.409 e. The van der Waals surface area contributed by atoms with Gasteiger partial charge in [0.1, 0.15) is 5.78 Å². The van der Waals surface area contributed by atoms with Gasteiger partial charge in [0.15, 0.2) is 0 Å². The third kappa shape index (κ3) is 1.98. The van der Waals surface area contributed by atoms with Crippen molar-refractivity contribution < 1.29 is 14.3 Å². The van der Waals surface area contributed by atoms with E-state index in [0.29, 0.717) is 37.6 Å². The summed E-state index contributed by atoms with van der Waals surface area (Å²) in [6.07, 6.45) is 2.03. The Morgan fingerprint density at radius 1 is 1.60 bits per heavy atom. The van der Waals surface area contributed by atoms with Crippen LogP contribution in [0, 0.1) is 11.3 Å². The average Bonchev–Trinajstić information content (AvgIpc) is 2.13. The minimum Gasteiger partial charge on any atom is -0.453 e. The predicted molar refractivity (Wildman–Crippen MR) is 54.4 cm³/mol. The lowest BCUT2D eigenvalue weighted by atomic mass is 9.67. The third-order valence-corrected chi connectivity index (χ3v) is 3.41. The van der Waals surface area contributed by atoms with Crippen LogP contribution in [0.15, 0.2) is 0 Å². The highest BCUT2D eigenvalue weighted by atomic mass is 16.5. The molecule has 1 saturated carbocycles. The number of ketones is 1. The summed E-state index contributed by atoms with van der Waals surface area (Å²) in [5.74, 6) is 0.683. The summed E-state index contributed by atoms with van der Waals surface area (Å²) in [6, 6.07) is 0. The van der Waals surface area contributed by atoms with Crippen molar-refractivity contribution in [3.05, 3.63) is 0 Å². The lowest BCUT2D eigenvalue weighted by Crippen LogP contribution is -2.52. The molecule has 2 bridgehead atoms. The molecule has 4 heteroatoms. The normalized spacial score (nSPS) is 35.2. The molecule has 2 aliphatic rings. The van der Waals surface area contributed by atoms with Gasteiger partial charge in [-0.1, -0.05) is 6.92 Å². The summed E-state index contributed by atoms with van der Waals surface area (Å²) in [5, 5.41) is 0. The van der Waals surface area contributed by atoms with Crippen LogP contribution in [0.2, 0.25) is 0 Å². The van der Waals surface area contributed by atoms with E-state index < -0.39 is 0 Å². The fourth-order valence-corrected chi connectivity index (χ4v) is 3.07. The number of carbonyl (C=O) groups is 2. The number of Topliss-reactive ketones (excluding diaryl/α,β-unsaturated/α-hetero) is 1. The maximum atomic E-state index is 11.5. The van der Waals surface area contributed by atoms with Gasteiger partial charge in [-0.05, 0) is 17.8 Å². The molecule has 2 unspecified atom stereocenters. The van der Waals surface area contributed by atoms with Gasteiger partial charge in [-0.3, -0.25) is 4.79 Å². The number of nitrogens with zero attached hydrogens (tertiary/aromatic N) is 1. The SMILES string of the molecule is COC(=O)N1CC2CC(=O)CC(C)(C2)C1. The Morgan fingerprint density at radius 2 is 2.33 bits per heavy atom. The minimum atomic E-state index is -0.264. The molecule has 2 atom stereocenters. The van der Waals surface area contributed by atoms with Crippen LogP contribution in [0.25, 0.3) is 0 Å². The van der Waals surface area contributed by atoms with E-state index in [1.807, 2.05) is 0 Å². The Hall–Kier alpha value is -1.06.